The van der Waals surface area contributed by atoms with Crippen molar-refractivity contribution in [2.45, 2.75) is 54.5 Å². The number of hydrogen-bond donors (Lipinski definition) is 2. The van der Waals surface area contributed by atoms with Crippen LogP contribution in [0.15, 0.2) is 52.6 Å². The number of benzene rings is 1. The first-order chi connectivity index (χ1) is 18.4. The van der Waals surface area contributed by atoms with Crippen LogP contribution < -0.4 is 5.32 Å². The van der Waals surface area contributed by atoms with Crippen molar-refractivity contribution in [2.24, 2.45) is 0 Å². The Kier molecular flexibility index (Phi) is 7.14. The monoisotopic (exact) mass is 529 g/mol. The van der Waals surface area contributed by atoms with Crippen molar-refractivity contribution in [1.29, 1.82) is 10.5 Å². The van der Waals surface area contributed by atoms with Gasteiger partial charge in [0.2, 0.25) is 5.91 Å². The number of carbonyl (C=O) groups is 1. The van der Waals surface area contributed by atoms with E-state index in [1.165, 1.54) is 30.1 Å². The van der Waals surface area contributed by atoms with Gasteiger partial charge in [0.05, 0.1) is 35.1 Å². The summed E-state index contributed by atoms with van der Waals surface area (Å²) in [4.78, 5) is 12.8. The lowest BCUT2D eigenvalue weighted by molar-refractivity contribution is -0.124. The number of aliphatic hydroxyl groups is 1. The molecule has 5 rings (SSSR count). The van der Waals surface area contributed by atoms with Gasteiger partial charge < -0.3 is 10.4 Å². The Balaban J connectivity index is 1.48. The molecule has 1 aliphatic rings. The fourth-order valence-corrected chi connectivity index (χ4v) is 6.07. The maximum Gasteiger partial charge on any atom is 0.245 e. The first kappa shape index (κ1) is 25.5. The van der Waals surface area contributed by atoms with Crippen molar-refractivity contribution in [3.63, 3.8) is 0 Å². The van der Waals surface area contributed by atoms with Gasteiger partial charge in [0, 0.05) is 38.9 Å². The molecule has 0 aliphatic heterocycles. The molecule has 1 amide bonds. The van der Waals surface area contributed by atoms with E-state index in [-0.39, 0.29) is 23.6 Å². The standard InChI is InChI=1S/C27H24FN7O2S/c1-16-23(13-32-35(16)22-5-3-21(4-6-22)33-26(37)15-36)18-9-25(27-19(11-30)12-31-34(27)14-18)38-24-7-2-20(28)8-17(24)10-29/h2,7-9,12-14,21-22,36H,3-6,15H2,1H3,(H,33,37). The molecule has 1 saturated carbocycles. The molecule has 11 heteroatoms. The minimum atomic E-state index is -0.503. The zero-order chi connectivity index (χ0) is 26.8. The number of fused-ring (bicyclic) bond motifs is 1. The van der Waals surface area contributed by atoms with Crippen LogP contribution in [-0.2, 0) is 4.79 Å². The van der Waals surface area contributed by atoms with Crippen LogP contribution in [0.5, 0.6) is 0 Å². The average Bonchev–Trinajstić information content (AvgIpc) is 3.53. The Morgan fingerprint density at radius 1 is 1.13 bits per heavy atom. The van der Waals surface area contributed by atoms with Crippen LogP contribution in [0.3, 0.4) is 0 Å². The third-order valence-corrected chi connectivity index (χ3v) is 7.99. The van der Waals surface area contributed by atoms with Crippen molar-refractivity contribution in [3.05, 3.63) is 65.5 Å². The van der Waals surface area contributed by atoms with Crippen LogP contribution in [-0.4, -0.2) is 43.1 Å². The second-order valence-corrected chi connectivity index (χ2v) is 10.3. The minimum Gasteiger partial charge on any atom is -0.387 e. The number of hydrogen-bond acceptors (Lipinski definition) is 7. The zero-order valence-corrected chi connectivity index (χ0v) is 21.4. The van der Waals surface area contributed by atoms with Gasteiger partial charge in [-0.15, -0.1) is 0 Å². The predicted molar refractivity (Wildman–Crippen MR) is 138 cm³/mol. The molecule has 1 fully saturated rings. The third-order valence-electron chi connectivity index (χ3n) is 6.89. The number of rotatable bonds is 6. The molecule has 4 aromatic rings. The number of aliphatic hydroxyl groups excluding tert-OH is 1. The van der Waals surface area contributed by atoms with Gasteiger partial charge in [-0.25, -0.2) is 8.91 Å². The molecule has 1 aromatic carbocycles. The molecule has 0 atom stereocenters. The van der Waals surface area contributed by atoms with E-state index < -0.39 is 12.4 Å². The summed E-state index contributed by atoms with van der Waals surface area (Å²) < 4.78 is 17.4. The highest BCUT2D eigenvalue weighted by Gasteiger charge is 2.26. The topological polar surface area (TPSA) is 132 Å². The fraction of sp³-hybridized carbons (Fsp3) is 0.296. The summed E-state index contributed by atoms with van der Waals surface area (Å²) in [5.74, 6) is -0.838. The van der Waals surface area contributed by atoms with Gasteiger partial charge in [0.15, 0.2) is 0 Å². The zero-order valence-electron chi connectivity index (χ0n) is 20.6. The molecule has 1 aliphatic carbocycles. The summed E-state index contributed by atoms with van der Waals surface area (Å²) in [5, 5.41) is 40.1. The number of carbonyl (C=O) groups excluding carboxylic acids is 1. The molecule has 0 radical (unpaired) electrons. The number of pyridine rings is 1. The van der Waals surface area contributed by atoms with Gasteiger partial charge in [-0.3, -0.25) is 9.48 Å². The van der Waals surface area contributed by atoms with Gasteiger partial charge in [-0.2, -0.15) is 20.7 Å². The van der Waals surface area contributed by atoms with Crippen LogP contribution >= 0.6 is 11.8 Å². The molecular formula is C27H24FN7O2S. The number of halogens is 1. The normalized spacial score (nSPS) is 17.2. The molecule has 3 heterocycles. The van der Waals surface area contributed by atoms with Crippen molar-refractivity contribution in [2.75, 3.05) is 6.61 Å². The van der Waals surface area contributed by atoms with Crippen LogP contribution in [0.2, 0.25) is 0 Å². The quantitative estimate of drug-likeness (QED) is 0.384. The molecular weight excluding hydrogens is 505 g/mol. The average molecular weight is 530 g/mol. The van der Waals surface area contributed by atoms with Crippen LogP contribution in [0, 0.1) is 35.4 Å². The molecule has 192 valence electrons. The van der Waals surface area contributed by atoms with Crippen molar-refractivity contribution in [1.82, 2.24) is 24.7 Å². The number of amides is 1. The molecule has 0 saturated heterocycles. The molecule has 2 N–H and O–H groups in total. The van der Waals surface area contributed by atoms with Gasteiger partial charge >= 0.3 is 0 Å². The smallest absolute Gasteiger partial charge is 0.245 e. The van der Waals surface area contributed by atoms with E-state index in [4.69, 9.17) is 5.11 Å². The number of aromatic nitrogens is 4. The first-order valence-corrected chi connectivity index (χ1v) is 13.0. The van der Waals surface area contributed by atoms with Crippen LogP contribution in [0.25, 0.3) is 16.6 Å². The number of nitrogens with one attached hydrogen (secondary N) is 1. The fourth-order valence-electron chi connectivity index (χ4n) is 5.00. The van der Waals surface area contributed by atoms with Crippen LogP contribution in [0.1, 0.15) is 48.5 Å². The van der Waals surface area contributed by atoms with Crippen molar-refractivity contribution in [3.8, 4) is 23.3 Å². The number of nitrogens with zero attached hydrogens (tertiary/aromatic N) is 6. The lowest BCUT2D eigenvalue weighted by Crippen LogP contribution is -2.39. The van der Waals surface area contributed by atoms with Gasteiger partial charge in [0.1, 0.15) is 24.6 Å². The Morgan fingerprint density at radius 2 is 1.89 bits per heavy atom. The van der Waals surface area contributed by atoms with Gasteiger partial charge in [0.25, 0.3) is 0 Å². The lowest BCUT2D eigenvalue weighted by atomic mass is 9.91. The Bertz CT molecular complexity index is 1610. The SMILES string of the molecule is Cc1c(-c2cc(Sc3ccc(F)cc3C#N)c3c(C#N)cnn3c2)cnn1C1CCC(NC(=O)CO)CC1. The summed E-state index contributed by atoms with van der Waals surface area (Å²) in [5.41, 5.74) is 3.97. The summed E-state index contributed by atoms with van der Waals surface area (Å²) in [6.07, 6.45) is 8.49. The Hall–Kier alpha value is -4.19. The summed E-state index contributed by atoms with van der Waals surface area (Å²) >= 11 is 1.29. The summed E-state index contributed by atoms with van der Waals surface area (Å²) in [6, 6.07) is 10.5. The van der Waals surface area contributed by atoms with E-state index in [2.05, 4.69) is 21.6 Å². The third kappa shape index (κ3) is 4.86. The molecule has 3 aromatic heterocycles. The van der Waals surface area contributed by atoms with E-state index in [1.54, 1.807) is 10.6 Å². The summed E-state index contributed by atoms with van der Waals surface area (Å²) in [6.45, 7) is 1.51. The molecule has 0 unspecified atom stereocenters. The molecule has 0 spiro atoms. The van der Waals surface area contributed by atoms with Gasteiger partial charge in [-0.1, -0.05) is 11.8 Å². The molecule has 38 heavy (non-hydrogen) atoms. The molecule has 0 bridgehead atoms. The largest absolute Gasteiger partial charge is 0.387 e. The highest BCUT2D eigenvalue weighted by molar-refractivity contribution is 7.99. The van der Waals surface area contributed by atoms with Crippen molar-refractivity contribution < 1.29 is 14.3 Å². The predicted octanol–water partition coefficient (Wildman–Crippen LogP) is 4.13. The summed E-state index contributed by atoms with van der Waals surface area (Å²) in [7, 11) is 0. The maximum atomic E-state index is 13.7. The highest BCUT2D eigenvalue weighted by atomic mass is 32.2. The Labute approximate surface area is 222 Å². The number of nitriles is 2. The first-order valence-electron chi connectivity index (χ1n) is 12.2. The highest BCUT2D eigenvalue weighted by Crippen LogP contribution is 2.38. The van der Waals surface area contributed by atoms with E-state index in [1.807, 2.05) is 36.1 Å². The maximum absolute atomic E-state index is 13.7. The van der Waals surface area contributed by atoms with Crippen LogP contribution in [0.4, 0.5) is 4.39 Å². The lowest BCUT2D eigenvalue weighted by Gasteiger charge is -2.30. The van der Waals surface area contributed by atoms with Crippen molar-refractivity contribution >= 4 is 23.2 Å². The second kappa shape index (κ2) is 10.7. The van der Waals surface area contributed by atoms with Gasteiger partial charge in [-0.05, 0) is 56.9 Å². The van der Waals surface area contributed by atoms with E-state index in [9.17, 15) is 19.7 Å². The Morgan fingerprint density at radius 3 is 2.61 bits per heavy atom. The minimum absolute atomic E-state index is 0.0575. The second-order valence-electron chi connectivity index (χ2n) is 9.23. The molecule has 9 nitrogen and oxygen atoms in total. The van der Waals surface area contributed by atoms with E-state index >= 15 is 0 Å². The van der Waals surface area contributed by atoms with E-state index in [0.717, 1.165) is 42.5 Å². The van der Waals surface area contributed by atoms with E-state index in [0.29, 0.717) is 20.9 Å².